The fourth-order valence-electron chi connectivity index (χ4n) is 8.66. The van der Waals surface area contributed by atoms with E-state index in [9.17, 15) is 0 Å². The predicted octanol–water partition coefficient (Wildman–Crippen LogP) is 12.1. The number of benzene rings is 7. The lowest BCUT2D eigenvalue weighted by Gasteiger charge is -2.28. The van der Waals surface area contributed by atoms with Gasteiger partial charge in [-0.25, -0.2) is 15.0 Å². The maximum absolute atomic E-state index is 6.44. The third kappa shape index (κ3) is 4.73. The number of methoxy groups -OCH3 is 6. The minimum atomic E-state index is 0.433. The summed E-state index contributed by atoms with van der Waals surface area (Å²) in [7, 11) is 9.71. The number of aromatic nitrogens is 3. The van der Waals surface area contributed by atoms with E-state index < -0.39 is 0 Å². The summed E-state index contributed by atoms with van der Waals surface area (Å²) in [5.74, 6) is 2.68. The summed E-state index contributed by atoms with van der Waals surface area (Å²) < 4.78 is 37.9. The maximum Gasteiger partial charge on any atom is 0.187 e. The molecular formula is C45H30Cl3N3O6. The zero-order chi connectivity index (χ0) is 39.4. The fraction of sp³-hybridized carbons (Fsp3) is 0.133. The lowest BCUT2D eigenvalue weighted by Crippen LogP contribution is -2.07. The van der Waals surface area contributed by atoms with E-state index in [0.717, 1.165) is 49.0 Å². The average molecular weight is 815 g/mol. The monoisotopic (exact) mass is 813 g/mol. The third-order valence-electron chi connectivity index (χ3n) is 10.9. The predicted molar refractivity (Wildman–Crippen MR) is 229 cm³/mol. The molecule has 0 aliphatic heterocycles. The van der Waals surface area contributed by atoms with Gasteiger partial charge in [0.05, 0.1) is 75.9 Å². The number of hydrogen-bond donors (Lipinski definition) is 0. The summed E-state index contributed by atoms with van der Waals surface area (Å²) >= 11 is 19.3. The van der Waals surface area contributed by atoms with Gasteiger partial charge in [0.2, 0.25) is 0 Å². The van der Waals surface area contributed by atoms with Gasteiger partial charge in [0.1, 0.15) is 16.6 Å². The summed E-state index contributed by atoms with van der Waals surface area (Å²) in [5.41, 5.74) is 5.94. The van der Waals surface area contributed by atoms with Crippen LogP contribution in [-0.4, -0.2) is 57.6 Å². The van der Waals surface area contributed by atoms with Gasteiger partial charge < -0.3 is 28.4 Å². The molecule has 0 saturated carbocycles. The number of halogens is 3. The van der Waals surface area contributed by atoms with Crippen LogP contribution in [0.25, 0.3) is 98.8 Å². The Bertz CT molecular complexity index is 2840. The van der Waals surface area contributed by atoms with Crippen LogP contribution in [0.4, 0.5) is 0 Å². The van der Waals surface area contributed by atoms with Crippen molar-refractivity contribution in [1.29, 1.82) is 0 Å². The largest absolute Gasteiger partial charge is 0.492 e. The second kappa shape index (κ2) is 13.0. The molecular weight excluding hydrogens is 785 g/mol. The van der Waals surface area contributed by atoms with Crippen LogP contribution in [0, 0.1) is 0 Å². The molecule has 10 rings (SSSR count). The van der Waals surface area contributed by atoms with Gasteiger partial charge in [0.25, 0.3) is 0 Å². The van der Waals surface area contributed by atoms with Crippen LogP contribution in [0.3, 0.4) is 0 Å². The molecule has 0 fully saturated rings. The van der Waals surface area contributed by atoms with Crippen LogP contribution < -0.4 is 28.4 Å². The van der Waals surface area contributed by atoms with Gasteiger partial charge in [-0.3, -0.25) is 0 Å². The molecule has 0 bridgehead atoms. The normalized spacial score (nSPS) is 11.9. The summed E-state index contributed by atoms with van der Waals surface area (Å²) in [6, 6.07) is 22.6. The first-order valence-electron chi connectivity index (χ1n) is 17.8. The van der Waals surface area contributed by atoms with Crippen LogP contribution in [0.15, 0.2) is 72.8 Å². The van der Waals surface area contributed by atoms with Crippen LogP contribution in [-0.2, 0) is 0 Å². The van der Waals surface area contributed by atoms with E-state index in [1.54, 1.807) is 42.7 Å². The molecule has 3 aromatic heterocycles. The summed E-state index contributed by atoms with van der Waals surface area (Å²) in [6.07, 6.45) is 0. The van der Waals surface area contributed by atoms with Crippen molar-refractivity contribution in [2.24, 2.45) is 0 Å². The lowest BCUT2D eigenvalue weighted by atomic mass is 9.82. The molecule has 0 N–H and O–H groups in total. The van der Waals surface area contributed by atoms with Crippen LogP contribution in [0.2, 0.25) is 15.1 Å². The van der Waals surface area contributed by atoms with Crippen molar-refractivity contribution in [2.75, 3.05) is 42.7 Å². The van der Waals surface area contributed by atoms with Crippen molar-refractivity contribution in [1.82, 2.24) is 15.0 Å². The van der Waals surface area contributed by atoms with Gasteiger partial charge in [-0.05, 0) is 36.4 Å². The van der Waals surface area contributed by atoms with Gasteiger partial charge in [0.15, 0.2) is 34.5 Å². The number of ether oxygens (including phenoxy) is 6. The molecule has 9 nitrogen and oxygen atoms in total. The summed E-state index contributed by atoms with van der Waals surface area (Å²) in [4.78, 5) is 16.4. The van der Waals surface area contributed by atoms with E-state index in [2.05, 4.69) is 0 Å². The van der Waals surface area contributed by atoms with Gasteiger partial charge in [-0.2, -0.15) is 0 Å². The highest BCUT2D eigenvalue weighted by Gasteiger charge is 2.37. The first-order valence-corrected chi connectivity index (χ1v) is 18.9. The van der Waals surface area contributed by atoms with Gasteiger partial charge in [0, 0.05) is 64.1 Å². The lowest BCUT2D eigenvalue weighted by molar-refractivity contribution is 0.360. The quantitative estimate of drug-likeness (QED) is 0.104. The minimum Gasteiger partial charge on any atom is -0.492 e. The highest BCUT2D eigenvalue weighted by atomic mass is 35.5. The zero-order valence-electron chi connectivity index (χ0n) is 31.4. The molecule has 3 heterocycles. The first-order chi connectivity index (χ1) is 27.8. The minimum absolute atomic E-state index is 0.433. The van der Waals surface area contributed by atoms with Crippen molar-refractivity contribution >= 4 is 99.8 Å². The van der Waals surface area contributed by atoms with Gasteiger partial charge in [-0.1, -0.05) is 71.2 Å². The second-order valence-electron chi connectivity index (χ2n) is 13.5. The van der Waals surface area contributed by atoms with Gasteiger partial charge >= 0.3 is 0 Å². The number of nitrogens with zero attached hydrogens (tertiary/aromatic N) is 3. The van der Waals surface area contributed by atoms with E-state index >= 15 is 0 Å². The van der Waals surface area contributed by atoms with E-state index in [4.69, 9.17) is 78.2 Å². The smallest absolute Gasteiger partial charge is 0.187 e. The molecule has 0 spiro atoms. The highest BCUT2D eigenvalue weighted by Crippen LogP contribution is 2.62. The molecule has 0 aliphatic carbocycles. The molecule has 10 aromatic rings. The van der Waals surface area contributed by atoms with E-state index in [-0.39, 0.29) is 0 Å². The molecule has 7 aromatic carbocycles. The third-order valence-corrected chi connectivity index (χ3v) is 11.6. The molecule has 0 atom stereocenters. The summed E-state index contributed by atoms with van der Waals surface area (Å²) in [6.45, 7) is 0. The van der Waals surface area contributed by atoms with Crippen LogP contribution >= 0.6 is 34.8 Å². The van der Waals surface area contributed by atoms with E-state index in [1.165, 1.54) is 0 Å². The molecule has 0 aliphatic rings. The number of rotatable bonds is 9. The standard InChI is InChI=1S/C45H30Cl3N3O6/c1-52-40-31-25-28-26-30-27-29(25)38(49-34(31)19-7-13-22(46)14-8-19)44(56-5)42(54-3)33(27)36(21-11-17-24(48)18-12-21)51-39(30)45(57-6)41(53-2)32(26)35(50-37(28)43(40)55-4)20-9-15-23(47)16-10-20/h7-18H,1-6H3. The Hall–Kier alpha value is -6.00. The van der Waals surface area contributed by atoms with Crippen LogP contribution in [0.5, 0.6) is 34.5 Å². The number of pyridine rings is 3. The van der Waals surface area contributed by atoms with Gasteiger partial charge in [-0.15, -0.1) is 0 Å². The van der Waals surface area contributed by atoms with E-state index in [0.29, 0.717) is 99.4 Å². The molecule has 0 amide bonds. The Balaban J connectivity index is 1.62. The molecule has 57 heavy (non-hydrogen) atoms. The van der Waals surface area contributed by atoms with Crippen LogP contribution in [0.1, 0.15) is 0 Å². The van der Waals surface area contributed by atoms with Crippen molar-refractivity contribution in [3.05, 3.63) is 87.9 Å². The Labute approximate surface area is 340 Å². The highest BCUT2D eigenvalue weighted by molar-refractivity contribution is 6.48. The van der Waals surface area contributed by atoms with Crippen molar-refractivity contribution in [3.8, 4) is 68.3 Å². The Morgan fingerprint density at radius 1 is 0.298 bits per heavy atom. The van der Waals surface area contributed by atoms with Crippen molar-refractivity contribution in [2.45, 2.75) is 0 Å². The average Bonchev–Trinajstić information content (AvgIpc) is 3.24. The topological polar surface area (TPSA) is 94.1 Å². The molecule has 0 radical (unpaired) electrons. The Kier molecular flexibility index (Phi) is 8.09. The maximum atomic E-state index is 6.44. The fourth-order valence-corrected chi connectivity index (χ4v) is 9.04. The molecule has 12 heteroatoms. The SMILES string of the molecule is COc1c(OC)c2c(-c3ccc(Cl)cc3)nc3c(OC)c(OC)c4c(-c5ccc(Cl)cc5)nc5c(OC)c(OC)c6c(-c7ccc(Cl)cc7)nc1c1c6c5c4c3c21. The molecule has 282 valence electrons. The first kappa shape index (κ1) is 35.4. The van der Waals surface area contributed by atoms with E-state index in [1.807, 2.05) is 72.8 Å². The van der Waals surface area contributed by atoms with Crippen molar-refractivity contribution < 1.29 is 28.4 Å². The zero-order valence-corrected chi connectivity index (χ0v) is 33.6. The number of hydrogen-bond acceptors (Lipinski definition) is 9. The Morgan fingerprint density at radius 2 is 0.526 bits per heavy atom. The molecule has 0 saturated heterocycles. The second-order valence-corrected chi connectivity index (χ2v) is 14.8. The molecule has 0 unspecified atom stereocenters. The Morgan fingerprint density at radius 3 is 0.737 bits per heavy atom. The summed E-state index contributed by atoms with van der Waals surface area (Å²) in [5, 5.41) is 8.79. The van der Waals surface area contributed by atoms with Crippen molar-refractivity contribution in [3.63, 3.8) is 0 Å².